The third-order valence-corrected chi connectivity index (χ3v) is 6.89. The fourth-order valence-corrected chi connectivity index (χ4v) is 4.93. The van der Waals surface area contributed by atoms with E-state index >= 15 is 0 Å². The molecular weight excluding hydrogens is 436 g/mol. The Morgan fingerprint density at radius 1 is 1.26 bits per heavy atom. The third-order valence-electron chi connectivity index (χ3n) is 6.89. The summed E-state index contributed by atoms with van der Waals surface area (Å²) in [6.45, 7) is 5.44. The number of hydrogen-bond acceptors (Lipinski definition) is 8. The fraction of sp³-hybridized carbons (Fsp3) is 0.520. The summed E-state index contributed by atoms with van der Waals surface area (Å²) in [5.74, 6) is 0.172. The maximum absolute atomic E-state index is 13.0. The van der Waals surface area contributed by atoms with Gasteiger partial charge in [-0.2, -0.15) is 5.26 Å². The first kappa shape index (κ1) is 22.4. The molecule has 178 valence electrons. The number of fused-ring (bicyclic) bond motifs is 1. The summed E-state index contributed by atoms with van der Waals surface area (Å²) < 4.78 is 16.1. The van der Waals surface area contributed by atoms with Crippen molar-refractivity contribution in [3.05, 3.63) is 46.5 Å². The zero-order valence-electron chi connectivity index (χ0n) is 19.7. The number of esters is 1. The van der Waals surface area contributed by atoms with E-state index in [2.05, 4.69) is 6.07 Å². The summed E-state index contributed by atoms with van der Waals surface area (Å²) in [7, 11) is 1.31. The number of piperazine rings is 1. The van der Waals surface area contributed by atoms with Gasteiger partial charge in [0.25, 0.3) is 5.91 Å². The number of nitriles is 1. The first-order valence-corrected chi connectivity index (χ1v) is 11.6. The van der Waals surface area contributed by atoms with Gasteiger partial charge in [0.05, 0.1) is 48.9 Å². The number of hydrogen-bond donors (Lipinski definition) is 0. The molecular formula is C25H28N4O5. The Hall–Kier alpha value is -3.38. The molecule has 3 aliphatic rings. The average Bonchev–Trinajstić information content (AvgIpc) is 3.53. The van der Waals surface area contributed by atoms with Gasteiger partial charge in [-0.05, 0) is 38.3 Å². The lowest BCUT2D eigenvalue weighted by Crippen LogP contribution is -2.59. The number of amides is 1. The molecule has 34 heavy (non-hydrogen) atoms. The maximum atomic E-state index is 13.0. The van der Waals surface area contributed by atoms with Gasteiger partial charge in [-0.15, -0.1) is 0 Å². The van der Waals surface area contributed by atoms with E-state index in [1.807, 2.05) is 18.7 Å². The number of anilines is 1. The molecule has 9 nitrogen and oxygen atoms in total. The molecule has 0 bridgehead atoms. The van der Waals surface area contributed by atoms with Gasteiger partial charge < -0.3 is 23.7 Å². The molecule has 4 heterocycles. The molecule has 0 aromatic carbocycles. The van der Waals surface area contributed by atoms with E-state index in [4.69, 9.17) is 18.9 Å². The summed E-state index contributed by atoms with van der Waals surface area (Å²) in [5, 5.41) is 10.2. The van der Waals surface area contributed by atoms with Gasteiger partial charge in [0.15, 0.2) is 0 Å². The largest absolute Gasteiger partial charge is 0.472 e. The van der Waals surface area contributed by atoms with E-state index in [0.29, 0.717) is 49.0 Å². The summed E-state index contributed by atoms with van der Waals surface area (Å²) in [5.41, 5.74) is 3.59. The van der Waals surface area contributed by atoms with Crippen molar-refractivity contribution in [3.8, 4) is 6.07 Å². The molecule has 1 saturated heterocycles. The van der Waals surface area contributed by atoms with Crippen molar-refractivity contribution in [2.45, 2.75) is 57.3 Å². The van der Waals surface area contributed by atoms with Gasteiger partial charge in [0.2, 0.25) is 0 Å². The van der Waals surface area contributed by atoms with Gasteiger partial charge in [0.1, 0.15) is 24.2 Å². The second-order valence-electron chi connectivity index (χ2n) is 9.76. The number of carbonyl (C=O) groups is 2. The van der Waals surface area contributed by atoms with Crippen molar-refractivity contribution in [2.75, 3.05) is 31.6 Å². The molecule has 2 aliphatic heterocycles. The zero-order valence-corrected chi connectivity index (χ0v) is 19.7. The Kier molecular flexibility index (Phi) is 5.56. The van der Waals surface area contributed by atoms with Crippen LogP contribution in [0.3, 0.4) is 0 Å². The number of pyridine rings is 1. The number of methoxy groups -OCH3 is 1. The normalized spacial score (nSPS) is 21.5. The van der Waals surface area contributed by atoms with Crippen LogP contribution < -0.4 is 4.90 Å². The molecule has 1 amide bonds. The second kappa shape index (κ2) is 8.44. The molecule has 1 atom stereocenters. The molecule has 2 aromatic rings. The van der Waals surface area contributed by atoms with Crippen LogP contribution in [0.2, 0.25) is 0 Å². The van der Waals surface area contributed by atoms with Gasteiger partial charge in [0, 0.05) is 31.0 Å². The standard InChI is InChI=1S/C25H28N4O5/c1-25(2)10-17-18(11-26)22(27-21(15-4-5-15)19(17)14-34-25)28-7-8-29(20(12-28)24(31)32-3)23(30)16-6-9-33-13-16/h6,9,13,15,20H,4-5,7-8,10,12,14H2,1-3H3. The van der Waals surface area contributed by atoms with E-state index in [1.165, 1.54) is 24.5 Å². The molecule has 0 radical (unpaired) electrons. The highest BCUT2D eigenvalue weighted by Crippen LogP contribution is 2.45. The van der Waals surface area contributed by atoms with E-state index in [1.54, 1.807) is 6.07 Å². The van der Waals surface area contributed by atoms with Gasteiger partial charge in [-0.3, -0.25) is 4.79 Å². The fourth-order valence-electron chi connectivity index (χ4n) is 4.93. The third kappa shape index (κ3) is 3.92. The van der Waals surface area contributed by atoms with Crippen LogP contribution >= 0.6 is 0 Å². The Labute approximate surface area is 198 Å². The molecule has 1 saturated carbocycles. The second-order valence-corrected chi connectivity index (χ2v) is 9.76. The Bertz CT molecular complexity index is 1160. The molecule has 5 rings (SSSR count). The minimum absolute atomic E-state index is 0.195. The quantitative estimate of drug-likeness (QED) is 0.636. The number of rotatable bonds is 4. The lowest BCUT2D eigenvalue weighted by atomic mass is 9.87. The molecule has 9 heteroatoms. The van der Waals surface area contributed by atoms with Crippen molar-refractivity contribution >= 4 is 17.7 Å². The number of aromatic nitrogens is 1. The first-order valence-electron chi connectivity index (χ1n) is 11.6. The first-order chi connectivity index (χ1) is 16.3. The van der Waals surface area contributed by atoms with Gasteiger partial charge >= 0.3 is 5.97 Å². The molecule has 0 N–H and O–H groups in total. The van der Waals surface area contributed by atoms with Crippen LogP contribution in [-0.4, -0.2) is 60.1 Å². The van der Waals surface area contributed by atoms with Crippen LogP contribution in [0.5, 0.6) is 0 Å². The smallest absolute Gasteiger partial charge is 0.330 e. The van der Waals surface area contributed by atoms with Crippen LogP contribution in [0.1, 0.15) is 65.3 Å². The Morgan fingerprint density at radius 2 is 2.06 bits per heavy atom. The SMILES string of the molecule is COC(=O)C1CN(c2nc(C3CC3)c3c(c2C#N)CC(C)(C)OC3)CCN1C(=O)c1ccoc1. The van der Waals surface area contributed by atoms with Gasteiger partial charge in [-0.25, -0.2) is 9.78 Å². The summed E-state index contributed by atoms with van der Waals surface area (Å²) >= 11 is 0. The molecule has 1 aliphatic carbocycles. The summed E-state index contributed by atoms with van der Waals surface area (Å²) in [6, 6.07) is 3.14. The predicted molar refractivity (Wildman–Crippen MR) is 121 cm³/mol. The highest BCUT2D eigenvalue weighted by molar-refractivity contribution is 5.97. The van der Waals surface area contributed by atoms with Crippen molar-refractivity contribution < 1.29 is 23.5 Å². The van der Waals surface area contributed by atoms with Crippen LogP contribution in [0, 0.1) is 11.3 Å². The van der Waals surface area contributed by atoms with Crippen LogP contribution in [0.25, 0.3) is 0 Å². The predicted octanol–water partition coefficient (Wildman–Crippen LogP) is 2.78. The Balaban J connectivity index is 1.53. The van der Waals surface area contributed by atoms with E-state index in [9.17, 15) is 14.9 Å². The van der Waals surface area contributed by atoms with Gasteiger partial charge in [-0.1, -0.05) is 0 Å². The summed E-state index contributed by atoms with van der Waals surface area (Å²) in [6.07, 6.45) is 5.57. The van der Waals surface area contributed by atoms with E-state index in [0.717, 1.165) is 29.7 Å². The van der Waals surface area contributed by atoms with Crippen LogP contribution in [-0.2, 0) is 27.3 Å². The van der Waals surface area contributed by atoms with E-state index in [-0.39, 0.29) is 18.1 Å². The van der Waals surface area contributed by atoms with Crippen molar-refractivity contribution in [2.24, 2.45) is 0 Å². The highest BCUT2D eigenvalue weighted by Gasteiger charge is 2.41. The Morgan fingerprint density at radius 3 is 2.71 bits per heavy atom. The monoisotopic (exact) mass is 464 g/mol. The maximum Gasteiger partial charge on any atom is 0.330 e. The summed E-state index contributed by atoms with van der Waals surface area (Å²) in [4.78, 5) is 34.2. The molecule has 1 unspecified atom stereocenters. The number of ether oxygens (including phenoxy) is 2. The van der Waals surface area contributed by atoms with Crippen molar-refractivity contribution in [1.82, 2.24) is 9.88 Å². The lowest BCUT2D eigenvalue weighted by Gasteiger charge is -2.41. The van der Waals surface area contributed by atoms with E-state index < -0.39 is 12.0 Å². The van der Waals surface area contributed by atoms with Crippen molar-refractivity contribution in [3.63, 3.8) is 0 Å². The number of furan rings is 1. The van der Waals surface area contributed by atoms with Crippen molar-refractivity contribution in [1.29, 1.82) is 5.26 Å². The number of carbonyl (C=O) groups excluding carboxylic acids is 2. The lowest BCUT2D eigenvalue weighted by molar-refractivity contribution is -0.146. The highest BCUT2D eigenvalue weighted by atomic mass is 16.5. The molecule has 2 aromatic heterocycles. The topological polar surface area (TPSA) is 109 Å². The van der Waals surface area contributed by atoms with Crippen LogP contribution in [0.15, 0.2) is 23.0 Å². The number of nitrogens with zero attached hydrogens (tertiary/aromatic N) is 4. The van der Waals surface area contributed by atoms with Crippen LogP contribution in [0.4, 0.5) is 5.82 Å². The average molecular weight is 465 g/mol. The minimum atomic E-state index is -0.824. The molecule has 2 fully saturated rings. The molecule has 0 spiro atoms. The zero-order chi connectivity index (χ0) is 24.0. The minimum Gasteiger partial charge on any atom is -0.472 e.